The van der Waals surface area contributed by atoms with Crippen LogP contribution in [0.2, 0.25) is 0 Å². The highest BCUT2D eigenvalue weighted by molar-refractivity contribution is 5.86. The highest BCUT2D eigenvalue weighted by Gasteiger charge is 2.03. The highest BCUT2D eigenvalue weighted by atomic mass is 14.7. The van der Waals surface area contributed by atoms with Gasteiger partial charge in [0.1, 0.15) is 0 Å². The molecule has 1 atom stereocenters. The van der Waals surface area contributed by atoms with Gasteiger partial charge in [0.25, 0.3) is 0 Å². The Morgan fingerprint density at radius 2 is 2.00 bits per heavy atom. The van der Waals surface area contributed by atoms with Gasteiger partial charge in [0, 0.05) is 12.8 Å². The van der Waals surface area contributed by atoms with Crippen LogP contribution in [0.3, 0.4) is 0 Å². The second kappa shape index (κ2) is 4.54. The summed E-state index contributed by atoms with van der Waals surface area (Å²) < 4.78 is 0. The first-order chi connectivity index (χ1) is 4.26. The fourth-order valence-corrected chi connectivity index (χ4v) is 0.963. The van der Waals surface area contributed by atoms with E-state index in [2.05, 4.69) is 25.8 Å². The lowest BCUT2D eigenvalue weighted by Crippen LogP contribution is -2.07. The van der Waals surface area contributed by atoms with E-state index in [1.54, 1.807) is 0 Å². The van der Waals surface area contributed by atoms with Crippen LogP contribution in [0.1, 0.15) is 33.6 Å². The van der Waals surface area contributed by atoms with Gasteiger partial charge in [0.05, 0.1) is 0 Å². The molecule has 1 nitrogen and oxygen atoms in total. The Hall–Kier alpha value is -0.330. The van der Waals surface area contributed by atoms with Gasteiger partial charge >= 0.3 is 0 Å². The van der Waals surface area contributed by atoms with Crippen LogP contribution < -0.4 is 0 Å². The van der Waals surface area contributed by atoms with Crippen molar-refractivity contribution in [2.24, 2.45) is 10.9 Å². The largest absolute Gasteiger partial charge is 0.297 e. The van der Waals surface area contributed by atoms with Gasteiger partial charge in [-0.3, -0.25) is 4.99 Å². The summed E-state index contributed by atoms with van der Waals surface area (Å²) in [6, 6.07) is 0. The molecule has 0 spiro atoms. The Kier molecular flexibility index (Phi) is 4.37. The number of hydrogen-bond acceptors (Lipinski definition) is 1. The molecule has 0 N–H and O–H groups in total. The van der Waals surface area contributed by atoms with Gasteiger partial charge in [-0.15, -0.1) is 0 Å². The van der Waals surface area contributed by atoms with Gasteiger partial charge in [-0.1, -0.05) is 20.8 Å². The van der Waals surface area contributed by atoms with E-state index in [1.165, 1.54) is 12.1 Å². The third kappa shape index (κ3) is 2.64. The zero-order valence-electron chi connectivity index (χ0n) is 6.94. The first kappa shape index (κ1) is 8.67. The fraction of sp³-hybridized carbons (Fsp3) is 0.875. The Labute approximate surface area is 58.2 Å². The average molecular weight is 127 g/mol. The molecule has 0 aliphatic heterocycles. The molecule has 9 heavy (non-hydrogen) atoms. The number of hydrogen-bond donors (Lipinski definition) is 0. The van der Waals surface area contributed by atoms with Crippen molar-refractivity contribution in [2.45, 2.75) is 33.6 Å². The van der Waals surface area contributed by atoms with E-state index in [-0.39, 0.29) is 0 Å². The summed E-state index contributed by atoms with van der Waals surface area (Å²) in [4.78, 5) is 4.19. The Morgan fingerprint density at radius 1 is 1.44 bits per heavy atom. The molecule has 0 fully saturated rings. The molecular weight excluding hydrogens is 110 g/mol. The molecule has 0 aromatic heterocycles. The van der Waals surface area contributed by atoms with Crippen LogP contribution in [0.25, 0.3) is 0 Å². The van der Waals surface area contributed by atoms with Crippen molar-refractivity contribution in [3.05, 3.63) is 0 Å². The number of nitrogens with zero attached hydrogens (tertiary/aromatic N) is 1. The molecular formula is C8H17N. The van der Waals surface area contributed by atoms with Crippen molar-refractivity contribution < 1.29 is 0 Å². The summed E-state index contributed by atoms with van der Waals surface area (Å²) in [7, 11) is 1.88. The smallest absolute Gasteiger partial charge is 0.0276 e. The molecule has 0 radical (unpaired) electrons. The normalized spacial score (nSPS) is 15.8. The Balaban J connectivity index is 3.80. The third-order valence-corrected chi connectivity index (χ3v) is 1.83. The zero-order valence-corrected chi connectivity index (χ0v) is 6.94. The van der Waals surface area contributed by atoms with Crippen LogP contribution in [0.15, 0.2) is 4.99 Å². The van der Waals surface area contributed by atoms with Crippen molar-refractivity contribution in [1.29, 1.82) is 0 Å². The van der Waals surface area contributed by atoms with Crippen molar-refractivity contribution in [3.8, 4) is 0 Å². The topological polar surface area (TPSA) is 12.4 Å². The van der Waals surface area contributed by atoms with Crippen molar-refractivity contribution in [2.75, 3.05) is 7.05 Å². The van der Waals surface area contributed by atoms with Crippen molar-refractivity contribution in [1.82, 2.24) is 0 Å². The second-order valence-electron chi connectivity index (χ2n) is 2.38. The van der Waals surface area contributed by atoms with Crippen molar-refractivity contribution >= 4 is 5.71 Å². The van der Waals surface area contributed by atoms with E-state index in [9.17, 15) is 0 Å². The van der Waals surface area contributed by atoms with Gasteiger partial charge in [-0.05, 0) is 18.8 Å². The number of aliphatic imine (C=N–C) groups is 1. The summed E-state index contributed by atoms with van der Waals surface area (Å²) in [5.41, 5.74) is 1.34. The van der Waals surface area contributed by atoms with Crippen LogP contribution in [0.5, 0.6) is 0 Å². The molecule has 0 aromatic carbocycles. The van der Waals surface area contributed by atoms with Gasteiger partial charge in [0.15, 0.2) is 0 Å². The predicted molar refractivity (Wildman–Crippen MR) is 43.1 cm³/mol. The molecule has 0 saturated carbocycles. The zero-order chi connectivity index (χ0) is 7.28. The molecule has 0 rings (SSSR count). The van der Waals surface area contributed by atoms with Gasteiger partial charge < -0.3 is 0 Å². The molecule has 0 aromatic rings. The van der Waals surface area contributed by atoms with Gasteiger partial charge in [0.2, 0.25) is 0 Å². The van der Waals surface area contributed by atoms with E-state index in [1.807, 2.05) is 7.05 Å². The maximum Gasteiger partial charge on any atom is 0.0276 e. The van der Waals surface area contributed by atoms with E-state index in [0.717, 1.165) is 6.42 Å². The lowest BCUT2D eigenvalue weighted by Gasteiger charge is -2.08. The summed E-state index contributed by atoms with van der Waals surface area (Å²) in [6.07, 6.45) is 2.31. The van der Waals surface area contributed by atoms with E-state index in [4.69, 9.17) is 0 Å². The minimum atomic E-state index is 0.681. The maximum atomic E-state index is 4.19. The van der Waals surface area contributed by atoms with Crippen LogP contribution in [-0.4, -0.2) is 12.8 Å². The van der Waals surface area contributed by atoms with E-state index < -0.39 is 0 Å². The summed E-state index contributed by atoms with van der Waals surface area (Å²) >= 11 is 0. The standard InChI is InChI=1S/C8H17N/c1-5-7(3)8(6-2)9-4/h7H,5-6H2,1-4H3. The molecule has 0 saturated heterocycles. The molecule has 0 aliphatic rings. The molecule has 1 unspecified atom stereocenters. The Bertz CT molecular complexity index is 94.7. The van der Waals surface area contributed by atoms with Crippen molar-refractivity contribution in [3.63, 3.8) is 0 Å². The number of rotatable bonds is 3. The quantitative estimate of drug-likeness (QED) is 0.516. The van der Waals surface area contributed by atoms with Gasteiger partial charge in [-0.25, -0.2) is 0 Å². The minimum Gasteiger partial charge on any atom is -0.297 e. The molecule has 54 valence electrons. The predicted octanol–water partition coefficient (Wildman–Crippen LogP) is 2.51. The van der Waals surface area contributed by atoms with Crippen LogP contribution in [0.4, 0.5) is 0 Å². The Morgan fingerprint density at radius 3 is 2.11 bits per heavy atom. The molecule has 0 amide bonds. The molecule has 0 heterocycles. The monoisotopic (exact) mass is 127 g/mol. The molecule has 0 bridgehead atoms. The van der Waals surface area contributed by atoms with E-state index >= 15 is 0 Å². The first-order valence-corrected chi connectivity index (χ1v) is 3.71. The summed E-state index contributed by atoms with van der Waals surface area (Å²) in [5.74, 6) is 0.681. The second-order valence-corrected chi connectivity index (χ2v) is 2.38. The summed E-state index contributed by atoms with van der Waals surface area (Å²) in [5, 5.41) is 0. The summed E-state index contributed by atoms with van der Waals surface area (Å²) in [6.45, 7) is 6.59. The lowest BCUT2D eigenvalue weighted by atomic mass is 10.0. The third-order valence-electron chi connectivity index (χ3n) is 1.83. The SMILES string of the molecule is CCC(=NC)C(C)CC. The lowest BCUT2D eigenvalue weighted by molar-refractivity contribution is 0.724. The highest BCUT2D eigenvalue weighted by Crippen LogP contribution is 2.05. The average Bonchev–Trinajstić information content (AvgIpc) is 1.90. The van der Waals surface area contributed by atoms with E-state index in [0.29, 0.717) is 5.92 Å². The first-order valence-electron chi connectivity index (χ1n) is 3.71. The van der Waals surface area contributed by atoms with Gasteiger partial charge in [-0.2, -0.15) is 0 Å². The minimum absolute atomic E-state index is 0.681. The molecule has 1 heteroatoms. The van der Waals surface area contributed by atoms with Crippen LogP contribution in [0, 0.1) is 5.92 Å². The maximum absolute atomic E-state index is 4.19. The van der Waals surface area contributed by atoms with Crippen LogP contribution >= 0.6 is 0 Å². The fourth-order valence-electron chi connectivity index (χ4n) is 0.963. The van der Waals surface area contributed by atoms with Crippen LogP contribution in [-0.2, 0) is 0 Å². The molecule has 0 aliphatic carbocycles.